The molecule has 0 aliphatic carbocycles. The van der Waals surface area contributed by atoms with Gasteiger partial charge < -0.3 is 10.1 Å². The average molecular weight is 343 g/mol. The Morgan fingerprint density at radius 1 is 1.04 bits per heavy atom. The molecule has 0 bridgehead atoms. The van der Waals surface area contributed by atoms with Crippen LogP contribution in [0.25, 0.3) is 0 Å². The summed E-state index contributed by atoms with van der Waals surface area (Å²) in [4.78, 5) is 11.8. The van der Waals surface area contributed by atoms with Gasteiger partial charge in [0.25, 0.3) is 5.91 Å². The number of carbonyl (C=O) groups excluding carboxylic acids is 1. The molecule has 0 radical (unpaired) electrons. The van der Waals surface area contributed by atoms with Gasteiger partial charge in [0.05, 0.1) is 0 Å². The second-order valence-electron chi connectivity index (χ2n) is 7.14. The molecule has 2 aromatic rings. The minimum absolute atomic E-state index is 0.00537. The molecule has 0 aliphatic rings. The Morgan fingerprint density at radius 3 is 2.28 bits per heavy atom. The molecule has 0 spiro atoms. The first kappa shape index (κ1) is 19.0. The van der Waals surface area contributed by atoms with Crippen molar-refractivity contribution in [2.45, 2.75) is 39.0 Å². The van der Waals surface area contributed by atoms with E-state index in [0.717, 1.165) is 18.4 Å². The third-order valence-electron chi connectivity index (χ3n) is 3.97. The zero-order valence-electron chi connectivity index (χ0n) is 15.1. The van der Waals surface area contributed by atoms with E-state index in [1.54, 1.807) is 12.1 Å². The Balaban J connectivity index is 1.66. The van der Waals surface area contributed by atoms with Gasteiger partial charge in [0, 0.05) is 6.54 Å². The summed E-state index contributed by atoms with van der Waals surface area (Å²) in [7, 11) is 0. The van der Waals surface area contributed by atoms with Crippen molar-refractivity contribution in [2.24, 2.45) is 0 Å². The summed E-state index contributed by atoms with van der Waals surface area (Å²) in [6.07, 6.45) is 1.60. The molecule has 0 fully saturated rings. The molecule has 0 unspecified atom stereocenters. The maximum atomic E-state index is 12.8. The SMILES string of the molecule is CC(C)(C)c1ccc(OCC(=O)NCCCc2ccc(F)cc2)cc1. The van der Waals surface area contributed by atoms with Crippen LogP contribution in [0.3, 0.4) is 0 Å². The zero-order valence-corrected chi connectivity index (χ0v) is 15.1. The van der Waals surface area contributed by atoms with Crippen molar-refractivity contribution >= 4 is 5.91 Å². The van der Waals surface area contributed by atoms with Crippen molar-refractivity contribution < 1.29 is 13.9 Å². The van der Waals surface area contributed by atoms with Crippen LogP contribution in [-0.2, 0) is 16.6 Å². The van der Waals surface area contributed by atoms with E-state index in [0.29, 0.717) is 12.3 Å². The maximum absolute atomic E-state index is 12.8. The molecule has 1 N–H and O–H groups in total. The average Bonchev–Trinajstić information content (AvgIpc) is 2.58. The molecule has 2 rings (SSSR count). The van der Waals surface area contributed by atoms with Crippen LogP contribution in [0.4, 0.5) is 4.39 Å². The molecule has 0 aliphatic heterocycles. The first-order valence-electron chi connectivity index (χ1n) is 8.59. The highest BCUT2D eigenvalue weighted by molar-refractivity contribution is 5.77. The van der Waals surface area contributed by atoms with Crippen LogP contribution in [0.1, 0.15) is 38.3 Å². The lowest BCUT2D eigenvalue weighted by atomic mass is 9.87. The highest BCUT2D eigenvalue weighted by atomic mass is 19.1. The highest BCUT2D eigenvalue weighted by Gasteiger charge is 2.13. The van der Waals surface area contributed by atoms with E-state index in [4.69, 9.17) is 4.74 Å². The summed E-state index contributed by atoms with van der Waals surface area (Å²) in [5, 5.41) is 2.83. The Bertz CT molecular complexity index is 673. The Kier molecular flexibility index (Phi) is 6.57. The van der Waals surface area contributed by atoms with E-state index in [1.807, 2.05) is 24.3 Å². The van der Waals surface area contributed by atoms with Crippen molar-refractivity contribution in [1.82, 2.24) is 5.32 Å². The van der Waals surface area contributed by atoms with Gasteiger partial charge in [0.15, 0.2) is 6.61 Å². The van der Waals surface area contributed by atoms with Crippen LogP contribution in [0, 0.1) is 5.82 Å². The number of benzene rings is 2. The van der Waals surface area contributed by atoms with Gasteiger partial charge in [-0.1, -0.05) is 45.0 Å². The van der Waals surface area contributed by atoms with Crippen LogP contribution in [0.2, 0.25) is 0 Å². The van der Waals surface area contributed by atoms with Crippen LogP contribution in [-0.4, -0.2) is 19.1 Å². The van der Waals surface area contributed by atoms with Crippen molar-refractivity contribution in [1.29, 1.82) is 0 Å². The monoisotopic (exact) mass is 343 g/mol. The quantitative estimate of drug-likeness (QED) is 0.763. The summed E-state index contributed by atoms with van der Waals surface area (Å²) < 4.78 is 18.3. The summed E-state index contributed by atoms with van der Waals surface area (Å²) in [6.45, 7) is 7.04. The highest BCUT2D eigenvalue weighted by Crippen LogP contribution is 2.24. The predicted octanol–water partition coefficient (Wildman–Crippen LogP) is 4.25. The van der Waals surface area contributed by atoms with E-state index in [-0.39, 0.29) is 23.7 Å². The summed E-state index contributed by atoms with van der Waals surface area (Å²) in [6, 6.07) is 14.3. The van der Waals surface area contributed by atoms with Crippen LogP contribution in [0.5, 0.6) is 5.75 Å². The van der Waals surface area contributed by atoms with Crippen molar-refractivity contribution in [3.63, 3.8) is 0 Å². The normalized spacial score (nSPS) is 11.2. The number of carbonyl (C=O) groups is 1. The molecule has 0 aromatic heterocycles. The van der Waals surface area contributed by atoms with Crippen LogP contribution >= 0.6 is 0 Å². The number of amides is 1. The number of aryl methyl sites for hydroxylation is 1. The fourth-order valence-corrected chi connectivity index (χ4v) is 2.42. The molecular formula is C21H26FNO2. The molecule has 134 valence electrons. The van der Waals surface area contributed by atoms with E-state index in [2.05, 4.69) is 26.1 Å². The largest absolute Gasteiger partial charge is 0.484 e. The lowest BCUT2D eigenvalue weighted by Gasteiger charge is -2.19. The van der Waals surface area contributed by atoms with E-state index < -0.39 is 0 Å². The van der Waals surface area contributed by atoms with Gasteiger partial charge in [-0.05, 0) is 53.6 Å². The number of hydrogen-bond donors (Lipinski definition) is 1. The summed E-state index contributed by atoms with van der Waals surface area (Å²) >= 11 is 0. The fourth-order valence-electron chi connectivity index (χ4n) is 2.42. The number of rotatable bonds is 7. The summed E-state index contributed by atoms with van der Waals surface area (Å²) in [5.41, 5.74) is 2.39. The fraction of sp³-hybridized carbons (Fsp3) is 0.381. The number of halogens is 1. The predicted molar refractivity (Wildman–Crippen MR) is 98.4 cm³/mol. The number of hydrogen-bond acceptors (Lipinski definition) is 2. The minimum Gasteiger partial charge on any atom is -0.484 e. The van der Waals surface area contributed by atoms with Gasteiger partial charge in [-0.15, -0.1) is 0 Å². The number of ether oxygens (including phenoxy) is 1. The Hall–Kier alpha value is -2.36. The third-order valence-corrected chi connectivity index (χ3v) is 3.97. The third kappa shape index (κ3) is 6.57. The molecule has 0 heterocycles. The van der Waals surface area contributed by atoms with Gasteiger partial charge >= 0.3 is 0 Å². The maximum Gasteiger partial charge on any atom is 0.257 e. The smallest absolute Gasteiger partial charge is 0.257 e. The van der Waals surface area contributed by atoms with E-state index >= 15 is 0 Å². The minimum atomic E-state index is -0.232. The van der Waals surface area contributed by atoms with Gasteiger partial charge in [0.1, 0.15) is 11.6 Å². The van der Waals surface area contributed by atoms with E-state index in [1.165, 1.54) is 17.7 Å². The standard InChI is InChI=1S/C21H26FNO2/c1-21(2,3)17-8-12-19(13-9-17)25-15-20(24)23-14-4-5-16-6-10-18(22)11-7-16/h6-13H,4-5,14-15H2,1-3H3,(H,23,24). The van der Waals surface area contributed by atoms with E-state index in [9.17, 15) is 9.18 Å². The topological polar surface area (TPSA) is 38.3 Å². The number of nitrogens with one attached hydrogen (secondary N) is 1. The Morgan fingerprint density at radius 2 is 1.68 bits per heavy atom. The molecule has 4 heteroatoms. The van der Waals surface area contributed by atoms with Crippen LogP contribution in [0.15, 0.2) is 48.5 Å². The second kappa shape index (κ2) is 8.65. The van der Waals surface area contributed by atoms with Gasteiger partial charge in [-0.3, -0.25) is 4.79 Å². The Labute approximate surface area is 149 Å². The van der Waals surface area contributed by atoms with Gasteiger partial charge in [-0.25, -0.2) is 4.39 Å². The molecule has 1 amide bonds. The molecular weight excluding hydrogens is 317 g/mol. The first-order chi connectivity index (χ1) is 11.8. The van der Waals surface area contributed by atoms with Crippen molar-refractivity contribution in [3.8, 4) is 5.75 Å². The lowest BCUT2D eigenvalue weighted by molar-refractivity contribution is -0.123. The molecule has 3 nitrogen and oxygen atoms in total. The van der Waals surface area contributed by atoms with Gasteiger partial charge in [0.2, 0.25) is 0 Å². The zero-order chi connectivity index (χ0) is 18.3. The lowest BCUT2D eigenvalue weighted by Crippen LogP contribution is -2.29. The first-order valence-corrected chi connectivity index (χ1v) is 8.59. The molecule has 0 saturated carbocycles. The summed E-state index contributed by atoms with van der Waals surface area (Å²) in [5.74, 6) is 0.318. The molecule has 25 heavy (non-hydrogen) atoms. The molecule has 0 saturated heterocycles. The molecule has 0 atom stereocenters. The van der Waals surface area contributed by atoms with Crippen molar-refractivity contribution in [3.05, 3.63) is 65.5 Å². The molecule has 2 aromatic carbocycles. The van der Waals surface area contributed by atoms with Crippen LogP contribution < -0.4 is 10.1 Å². The van der Waals surface area contributed by atoms with Gasteiger partial charge in [-0.2, -0.15) is 0 Å². The van der Waals surface area contributed by atoms with Crippen molar-refractivity contribution in [2.75, 3.05) is 13.2 Å². The second-order valence-corrected chi connectivity index (χ2v) is 7.14.